The molecule has 0 saturated carbocycles. The summed E-state index contributed by atoms with van der Waals surface area (Å²) in [6, 6.07) is -1.68. The fourth-order valence-corrected chi connectivity index (χ4v) is 6.88. The molecular formula is C32H58N6O4. The first-order chi connectivity index (χ1) is 19.6. The average Bonchev–Trinajstić information content (AvgIpc) is 3.58. The maximum atomic E-state index is 14.1. The Labute approximate surface area is 254 Å². The van der Waals surface area contributed by atoms with E-state index in [0.29, 0.717) is 19.5 Å². The minimum atomic E-state index is -0.660. The molecule has 42 heavy (non-hydrogen) atoms. The third kappa shape index (κ3) is 8.24. The summed E-state index contributed by atoms with van der Waals surface area (Å²) in [6.07, 6.45) is 6.10. The van der Waals surface area contributed by atoms with Crippen LogP contribution < -0.4 is 10.6 Å². The molecule has 0 spiro atoms. The summed E-state index contributed by atoms with van der Waals surface area (Å²) in [5.74, 6) is -0.0679. The maximum absolute atomic E-state index is 14.1. The lowest BCUT2D eigenvalue weighted by molar-refractivity contribution is -0.144. The second kappa shape index (κ2) is 14.5. The third-order valence-corrected chi connectivity index (χ3v) is 9.43. The van der Waals surface area contributed by atoms with Crippen molar-refractivity contribution in [1.82, 2.24) is 30.2 Å². The number of nitrogens with zero attached hydrogens (tertiary/aromatic N) is 4. The summed E-state index contributed by atoms with van der Waals surface area (Å²) >= 11 is 0. The standard InChI is InChI=1S/C32H58N6O4/c1-21(2)26(36(9)31(42)27(32(5,6)7)34-28(39)23-14-10-11-17-35(23)8)20-37-18-12-16-25(37)30(41)38-19-13-15-24(38)29(40)33-22(3)4/h21-27H,10-20H2,1-9H3,(H,33,40)(H,34,39)/t23?,24-,25?,26+,27?/m0/s1. The molecule has 3 saturated heterocycles. The molecule has 3 heterocycles. The van der Waals surface area contributed by atoms with Crippen molar-refractivity contribution >= 4 is 23.6 Å². The van der Waals surface area contributed by atoms with Crippen molar-refractivity contribution in [3.05, 3.63) is 0 Å². The van der Waals surface area contributed by atoms with Gasteiger partial charge in [-0.2, -0.15) is 0 Å². The number of carbonyl (C=O) groups excluding carboxylic acids is 4. The lowest BCUT2D eigenvalue weighted by atomic mass is 9.84. The van der Waals surface area contributed by atoms with Gasteiger partial charge in [0.1, 0.15) is 12.1 Å². The van der Waals surface area contributed by atoms with Crippen molar-refractivity contribution in [2.45, 2.75) is 130 Å². The number of hydrogen-bond acceptors (Lipinski definition) is 6. The zero-order chi connectivity index (χ0) is 31.4. The van der Waals surface area contributed by atoms with E-state index in [0.717, 1.165) is 51.6 Å². The second-order valence-electron chi connectivity index (χ2n) is 14.6. The number of likely N-dealkylation sites (N-methyl/N-ethyl adjacent to an activating group) is 2. The molecule has 0 bridgehead atoms. The molecule has 2 N–H and O–H groups in total. The minimum Gasteiger partial charge on any atom is -0.352 e. The Bertz CT molecular complexity index is 963. The Balaban J connectivity index is 1.73. The topological polar surface area (TPSA) is 105 Å². The summed E-state index contributed by atoms with van der Waals surface area (Å²) < 4.78 is 0. The molecule has 3 rings (SSSR count). The highest BCUT2D eigenvalue weighted by Crippen LogP contribution is 2.28. The van der Waals surface area contributed by atoms with Crippen molar-refractivity contribution in [1.29, 1.82) is 0 Å². The molecular weight excluding hydrogens is 532 g/mol. The van der Waals surface area contributed by atoms with Gasteiger partial charge in [0, 0.05) is 32.2 Å². The quantitative estimate of drug-likeness (QED) is 0.405. The molecule has 0 aromatic rings. The smallest absolute Gasteiger partial charge is 0.245 e. The van der Waals surface area contributed by atoms with Crippen LogP contribution in [0.5, 0.6) is 0 Å². The average molecular weight is 591 g/mol. The van der Waals surface area contributed by atoms with E-state index in [1.165, 1.54) is 0 Å². The number of likely N-dealkylation sites (tertiary alicyclic amines) is 3. The molecule has 0 aliphatic carbocycles. The Morgan fingerprint density at radius 2 is 1.40 bits per heavy atom. The van der Waals surface area contributed by atoms with Crippen LogP contribution in [0.4, 0.5) is 0 Å². The molecule has 3 aliphatic rings. The van der Waals surface area contributed by atoms with Gasteiger partial charge in [0.05, 0.1) is 12.1 Å². The van der Waals surface area contributed by atoms with Crippen LogP contribution in [0.25, 0.3) is 0 Å². The lowest BCUT2D eigenvalue weighted by Gasteiger charge is -2.41. The molecule has 3 fully saturated rings. The summed E-state index contributed by atoms with van der Waals surface area (Å²) in [5.41, 5.74) is -0.469. The number of amides is 4. The van der Waals surface area contributed by atoms with E-state index in [1.807, 2.05) is 48.7 Å². The molecule has 0 radical (unpaired) electrons. The number of carbonyl (C=O) groups is 4. The molecule has 0 aromatic carbocycles. The van der Waals surface area contributed by atoms with Gasteiger partial charge in [0.25, 0.3) is 0 Å². The zero-order valence-corrected chi connectivity index (χ0v) is 27.7. The predicted molar refractivity (Wildman–Crippen MR) is 166 cm³/mol. The van der Waals surface area contributed by atoms with Crippen molar-refractivity contribution in [3.8, 4) is 0 Å². The summed E-state index contributed by atoms with van der Waals surface area (Å²) in [5, 5.41) is 6.12. The Hall–Kier alpha value is -2.20. The first-order valence-corrected chi connectivity index (χ1v) is 16.3. The first-order valence-electron chi connectivity index (χ1n) is 16.3. The zero-order valence-electron chi connectivity index (χ0n) is 27.7. The number of nitrogens with one attached hydrogen (secondary N) is 2. The van der Waals surface area contributed by atoms with Crippen LogP contribution in [0.15, 0.2) is 0 Å². The van der Waals surface area contributed by atoms with Gasteiger partial charge >= 0.3 is 0 Å². The van der Waals surface area contributed by atoms with Gasteiger partial charge in [-0.25, -0.2) is 0 Å². The summed E-state index contributed by atoms with van der Waals surface area (Å²) in [7, 11) is 3.82. The van der Waals surface area contributed by atoms with Crippen LogP contribution in [0.3, 0.4) is 0 Å². The van der Waals surface area contributed by atoms with E-state index in [4.69, 9.17) is 0 Å². The fraction of sp³-hybridized carbons (Fsp3) is 0.875. The van der Waals surface area contributed by atoms with Crippen molar-refractivity contribution in [3.63, 3.8) is 0 Å². The van der Waals surface area contributed by atoms with Crippen LogP contribution in [0.2, 0.25) is 0 Å². The molecule has 4 amide bonds. The van der Waals surface area contributed by atoms with Crippen LogP contribution in [0, 0.1) is 11.3 Å². The van der Waals surface area contributed by atoms with Gasteiger partial charge in [-0.1, -0.05) is 41.0 Å². The highest BCUT2D eigenvalue weighted by atomic mass is 16.2. The summed E-state index contributed by atoms with van der Waals surface area (Å²) in [6.45, 7) is 16.9. The van der Waals surface area contributed by atoms with Crippen LogP contribution in [0.1, 0.15) is 93.4 Å². The maximum Gasteiger partial charge on any atom is 0.245 e. The van der Waals surface area contributed by atoms with E-state index in [-0.39, 0.29) is 53.7 Å². The molecule has 10 heteroatoms. The molecule has 3 unspecified atom stereocenters. The molecule has 240 valence electrons. The molecule has 5 atom stereocenters. The lowest BCUT2D eigenvalue weighted by Crippen LogP contribution is -2.61. The predicted octanol–water partition coefficient (Wildman–Crippen LogP) is 2.46. The number of rotatable bonds is 10. The van der Waals surface area contributed by atoms with Crippen molar-refractivity contribution < 1.29 is 19.2 Å². The van der Waals surface area contributed by atoms with Crippen molar-refractivity contribution in [2.24, 2.45) is 11.3 Å². The largest absolute Gasteiger partial charge is 0.352 e. The van der Waals surface area contributed by atoms with Crippen LogP contribution in [-0.4, -0.2) is 120 Å². The van der Waals surface area contributed by atoms with E-state index < -0.39 is 17.5 Å². The minimum absolute atomic E-state index is 0.0295. The van der Waals surface area contributed by atoms with E-state index in [9.17, 15) is 19.2 Å². The van der Waals surface area contributed by atoms with Gasteiger partial charge < -0.3 is 20.4 Å². The number of piperidine rings is 1. The van der Waals surface area contributed by atoms with Gasteiger partial charge in [-0.15, -0.1) is 0 Å². The second-order valence-corrected chi connectivity index (χ2v) is 14.6. The molecule has 10 nitrogen and oxygen atoms in total. The normalized spacial score (nSPS) is 25.5. The highest BCUT2D eigenvalue weighted by Gasteiger charge is 2.43. The SMILES string of the molecule is CC(C)NC(=O)[C@@H]1CCCN1C(=O)C1CCCN1C[C@H](C(C)C)N(C)C(=O)C(NC(=O)C1CCCCN1C)C(C)(C)C. The van der Waals surface area contributed by atoms with E-state index >= 15 is 0 Å². The van der Waals surface area contributed by atoms with Crippen LogP contribution in [-0.2, 0) is 19.2 Å². The van der Waals surface area contributed by atoms with Gasteiger partial charge in [0.15, 0.2) is 0 Å². The van der Waals surface area contributed by atoms with Gasteiger partial charge in [-0.05, 0) is 83.8 Å². The number of hydrogen-bond donors (Lipinski definition) is 2. The van der Waals surface area contributed by atoms with E-state index in [1.54, 1.807) is 9.80 Å². The van der Waals surface area contributed by atoms with E-state index in [2.05, 4.69) is 34.3 Å². The van der Waals surface area contributed by atoms with Crippen molar-refractivity contribution in [2.75, 3.05) is 40.3 Å². The Morgan fingerprint density at radius 1 is 0.810 bits per heavy atom. The highest BCUT2D eigenvalue weighted by molar-refractivity contribution is 5.91. The Kier molecular flexibility index (Phi) is 11.9. The first kappa shape index (κ1) is 34.3. The monoisotopic (exact) mass is 590 g/mol. The third-order valence-electron chi connectivity index (χ3n) is 9.43. The molecule has 0 aromatic heterocycles. The molecule has 3 aliphatic heterocycles. The summed E-state index contributed by atoms with van der Waals surface area (Å²) in [4.78, 5) is 62.0. The van der Waals surface area contributed by atoms with Gasteiger partial charge in [0.2, 0.25) is 23.6 Å². The fourth-order valence-electron chi connectivity index (χ4n) is 6.88. The van der Waals surface area contributed by atoms with Gasteiger partial charge in [-0.3, -0.25) is 29.0 Å². The Morgan fingerprint density at radius 3 is 2.00 bits per heavy atom. The van der Waals surface area contributed by atoms with Crippen LogP contribution >= 0.6 is 0 Å².